The highest BCUT2D eigenvalue weighted by molar-refractivity contribution is 5.82. The molecule has 3 aromatic rings. The number of aromatic amines is 1. The van der Waals surface area contributed by atoms with Gasteiger partial charge in [0.25, 0.3) is 0 Å². The van der Waals surface area contributed by atoms with E-state index in [1.807, 2.05) is 6.92 Å². The molecule has 1 aliphatic rings. The molecule has 0 aliphatic carbocycles. The van der Waals surface area contributed by atoms with Gasteiger partial charge in [-0.05, 0) is 25.1 Å². The van der Waals surface area contributed by atoms with Crippen molar-refractivity contribution in [2.24, 2.45) is 0 Å². The number of halogens is 3. The number of nitrogens with one attached hydrogen (secondary N) is 3. The summed E-state index contributed by atoms with van der Waals surface area (Å²) in [5.74, 6) is -1.16. The maximum atomic E-state index is 15.5. The third-order valence-electron chi connectivity index (χ3n) is 5.15. The van der Waals surface area contributed by atoms with Crippen molar-refractivity contribution in [1.82, 2.24) is 19.9 Å². The molecule has 6 nitrogen and oxygen atoms in total. The zero-order valence-electron chi connectivity index (χ0n) is 18.0. The van der Waals surface area contributed by atoms with E-state index >= 15 is 4.39 Å². The molecule has 0 atom stereocenters. The lowest BCUT2D eigenvalue weighted by Gasteiger charge is -2.24. The van der Waals surface area contributed by atoms with Crippen LogP contribution < -0.4 is 10.6 Å². The summed E-state index contributed by atoms with van der Waals surface area (Å²) in [6.45, 7) is 5.69. The highest BCUT2D eigenvalue weighted by Crippen LogP contribution is 2.35. The van der Waals surface area contributed by atoms with Gasteiger partial charge in [0, 0.05) is 49.1 Å². The van der Waals surface area contributed by atoms with Crippen LogP contribution in [0.2, 0.25) is 0 Å². The van der Waals surface area contributed by atoms with Crippen LogP contribution in [0.3, 0.4) is 0 Å². The molecule has 0 fully saturated rings. The number of hydrogen-bond acceptors (Lipinski definition) is 5. The van der Waals surface area contributed by atoms with Crippen molar-refractivity contribution in [3.63, 3.8) is 0 Å². The molecular formula is C24H21F3N6. The highest BCUT2D eigenvalue weighted by Gasteiger charge is 2.21. The summed E-state index contributed by atoms with van der Waals surface area (Å²) < 4.78 is 43.9. The standard InChI is InChI=1S/C24H21F3N6/c1-4-33-13-15(5-8-20(33)14(2)23-29-9-10-30-23)21-17(26)6-7-18(22(21)27)32-19-11-16(25)12-31-24(19)28-3/h4-13,32H,1H2,2-3H3,(H,28,31)(H,29,30)/b20-14+. The topological polar surface area (TPSA) is 68.9 Å². The maximum Gasteiger partial charge on any atom is 0.157 e. The van der Waals surface area contributed by atoms with Gasteiger partial charge in [-0.25, -0.2) is 23.1 Å². The lowest BCUT2D eigenvalue weighted by Crippen LogP contribution is -2.14. The molecule has 3 heterocycles. The van der Waals surface area contributed by atoms with Gasteiger partial charge in [-0.15, -0.1) is 0 Å². The predicted molar refractivity (Wildman–Crippen MR) is 124 cm³/mol. The van der Waals surface area contributed by atoms with Crippen LogP contribution in [0.5, 0.6) is 0 Å². The summed E-state index contributed by atoms with van der Waals surface area (Å²) in [4.78, 5) is 12.9. The molecule has 3 N–H and O–H groups in total. The third kappa shape index (κ3) is 4.25. The Bertz CT molecular complexity index is 1290. The first-order chi connectivity index (χ1) is 15.9. The van der Waals surface area contributed by atoms with Crippen molar-refractivity contribution in [1.29, 1.82) is 0 Å². The van der Waals surface area contributed by atoms with Crippen molar-refractivity contribution in [3.05, 3.63) is 102 Å². The quantitative estimate of drug-likeness (QED) is 0.443. The van der Waals surface area contributed by atoms with E-state index in [-0.39, 0.29) is 16.9 Å². The van der Waals surface area contributed by atoms with Crippen LogP contribution in [0.25, 0.3) is 11.1 Å². The van der Waals surface area contributed by atoms with Gasteiger partial charge in [-0.3, -0.25) is 0 Å². The molecule has 0 radical (unpaired) electrons. The second kappa shape index (κ2) is 9.07. The van der Waals surface area contributed by atoms with Crippen molar-refractivity contribution < 1.29 is 13.2 Å². The molecule has 0 saturated heterocycles. The number of imidazole rings is 1. The Balaban J connectivity index is 1.73. The van der Waals surface area contributed by atoms with Crippen molar-refractivity contribution in [2.45, 2.75) is 6.92 Å². The number of aromatic nitrogens is 3. The van der Waals surface area contributed by atoms with E-state index in [4.69, 9.17) is 0 Å². The number of nitrogens with zero attached hydrogens (tertiary/aromatic N) is 3. The lowest BCUT2D eigenvalue weighted by atomic mass is 10.00. The van der Waals surface area contributed by atoms with E-state index < -0.39 is 17.5 Å². The van der Waals surface area contributed by atoms with Crippen LogP contribution in [-0.4, -0.2) is 26.9 Å². The molecule has 0 bridgehead atoms. The fraction of sp³-hybridized carbons (Fsp3) is 0.0833. The number of H-pyrrole nitrogens is 1. The summed E-state index contributed by atoms with van der Waals surface area (Å²) >= 11 is 0. The van der Waals surface area contributed by atoms with Crippen molar-refractivity contribution in [2.75, 3.05) is 17.7 Å². The molecule has 1 aromatic carbocycles. The Hall–Kier alpha value is -4.27. The molecule has 0 spiro atoms. The molecule has 1 aliphatic heterocycles. The average molecular weight is 450 g/mol. The molecule has 0 saturated carbocycles. The first kappa shape index (κ1) is 21.9. The zero-order chi connectivity index (χ0) is 23.5. The fourth-order valence-corrected chi connectivity index (χ4v) is 3.52. The van der Waals surface area contributed by atoms with Crippen LogP contribution in [0.15, 0.2) is 73.6 Å². The zero-order valence-corrected chi connectivity index (χ0v) is 18.0. The minimum Gasteiger partial charge on any atom is -0.371 e. The number of pyridine rings is 1. The highest BCUT2D eigenvalue weighted by atomic mass is 19.1. The first-order valence-electron chi connectivity index (χ1n) is 10.0. The summed E-state index contributed by atoms with van der Waals surface area (Å²) in [6, 6.07) is 3.58. The second-order valence-corrected chi connectivity index (χ2v) is 7.16. The number of rotatable bonds is 6. The van der Waals surface area contributed by atoms with E-state index in [1.54, 1.807) is 48.9 Å². The average Bonchev–Trinajstić information content (AvgIpc) is 3.36. The van der Waals surface area contributed by atoms with E-state index in [0.29, 0.717) is 17.2 Å². The summed E-state index contributed by atoms with van der Waals surface area (Å²) in [7, 11) is 1.61. The minimum atomic E-state index is -0.823. The molecule has 0 amide bonds. The summed E-state index contributed by atoms with van der Waals surface area (Å²) in [5, 5.41) is 5.60. The van der Waals surface area contributed by atoms with Crippen LogP contribution in [0.1, 0.15) is 18.3 Å². The molecule has 9 heteroatoms. The van der Waals surface area contributed by atoms with Gasteiger partial charge in [0.15, 0.2) is 5.82 Å². The largest absolute Gasteiger partial charge is 0.371 e. The Morgan fingerprint density at radius 2 is 1.97 bits per heavy atom. The van der Waals surface area contributed by atoms with E-state index in [1.165, 1.54) is 12.1 Å². The summed E-state index contributed by atoms with van der Waals surface area (Å²) in [5.41, 5.74) is 1.85. The Morgan fingerprint density at radius 3 is 2.67 bits per heavy atom. The van der Waals surface area contributed by atoms with E-state index in [9.17, 15) is 8.78 Å². The molecule has 33 heavy (non-hydrogen) atoms. The number of hydrogen-bond donors (Lipinski definition) is 3. The summed E-state index contributed by atoms with van der Waals surface area (Å²) in [6.07, 6.45) is 10.9. The van der Waals surface area contributed by atoms with Gasteiger partial charge in [0.2, 0.25) is 0 Å². The Labute approximate surface area is 188 Å². The van der Waals surface area contributed by atoms with Gasteiger partial charge in [0.1, 0.15) is 23.3 Å². The maximum absolute atomic E-state index is 15.5. The Kier molecular flexibility index (Phi) is 6.03. The number of anilines is 3. The predicted octanol–water partition coefficient (Wildman–Crippen LogP) is 5.79. The van der Waals surface area contributed by atoms with Gasteiger partial charge in [0.05, 0.1) is 28.8 Å². The molecule has 2 aromatic heterocycles. The smallest absolute Gasteiger partial charge is 0.157 e. The molecule has 4 rings (SSSR count). The van der Waals surface area contributed by atoms with Crippen LogP contribution in [0.4, 0.5) is 30.4 Å². The molecule has 0 unspecified atom stereocenters. The number of allylic oxidation sites excluding steroid dienone is 4. The van der Waals surface area contributed by atoms with Crippen LogP contribution in [0, 0.1) is 17.5 Å². The molecular weight excluding hydrogens is 429 g/mol. The third-order valence-corrected chi connectivity index (χ3v) is 5.15. The normalized spacial score (nSPS) is 14.7. The lowest BCUT2D eigenvalue weighted by molar-refractivity contribution is 0.577. The van der Waals surface area contributed by atoms with E-state index in [0.717, 1.165) is 23.5 Å². The second-order valence-electron chi connectivity index (χ2n) is 7.16. The minimum absolute atomic E-state index is 0.0251. The fourth-order valence-electron chi connectivity index (χ4n) is 3.52. The van der Waals surface area contributed by atoms with Crippen molar-refractivity contribution >= 4 is 28.3 Å². The van der Waals surface area contributed by atoms with Crippen LogP contribution in [-0.2, 0) is 0 Å². The monoisotopic (exact) mass is 450 g/mol. The van der Waals surface area contributed by atoms with Gasteiger partial charge >= 0.3 is 0 Å². The number of benzene rings is 1. The molecule has 168 valence electrons. The van der Waals surface area contributed by atoms with E-state index in [2.05, 4.69) is 32.2 Å². The SMILES string of the molecule is C=CN1C=C(c2c(F)ccc(Nc3cc(F)cnc3NC)c2F)C=C/C1=C(/C)c1ncc[nH]1. The van der Waals surface area contributed by atoms with Crippen molar-refractivity contribution in [3.8, 4) is 0 Å². The first-order valence-corrected chi connectivity index (χ1v) is 10.0. The van der Waals surface area contributed by atoms with Gasteiger partial charge in [-0.2, -0.15) is 0 Å². The Morgan fingerprint density at radius 1 is 1.15 bits per heavy atom. The van der Waals surface area contributed by atoms with Gasteiger partial charge in [-0.1, -0.05) is 12.7 Å². The van der Waals surface area contributed by atoms with Crippen LogP contribution >= 0.6 is 0 Å². The van der Waals surface area contributed by atoms with Gasteiger partial charge < -0.3 is 20.5 Å².